The van der Waals surface area contributed by atoms with E-state index in [9.17, 15) is 29.1 Å². The van der Waals surface area contributed by atoms with E-state index in [0.717, 1.165) is 55.2 Å². The fourth-order valence-corrected chi connectivity index (χ4v) is 14.4. The van der Waals surface area contributed by atoms with Crippen molar-refractivity contribution < 1.29 is 95.4 Å². The Morgan fingerprint density at radius 1 is 0.414 bits per heavy atom. The van der Waals surface area contributed by atoms with Crippen molar-refractivity contribution in [1.29, 1.82) is 0 Å². The van der Waals surface area contributed by atoms with E-state index in [0.29, 0.717) is 70.9 Å². The van der Waals surface area contributed by atoms with Crippen LogP contribution in [0.5, 0.6) is 74.7 Å². The average Bonchev–Trinajstić information content (AvgIpc) is 0.817. The van der Waals surface area contributed by atoms with Crippen molar-refractivity contribution in [2.75, 3.05) is 49.3 Å². The number of rotatable bonds is 21. The molecule has 0 aliphatic carbocycles. The first-order chi connectivity index (χ1) is 46.5. The van der Waals surface area contributed by atoms with Crippen molar-refractivity contribution >= 4 is 247 Å². The quantitative estimate of drug-likeness (QED) is 0.0232. The minimum atomic E-state index is -0.748. The SMILES string of the molecule is C=Cc1c(OC)cc(OC(C)=O)c(I)c1OC(C)=O.C=Cc1cc(I)c(O)cc1OC.C=Cc1cc(I)c(OC(C)=O)cc1OC.C=Cc1cc(I)c(OC(C)OCC)cc1OC.C=Cc1cc(I)c(OC)c(I)c1OC(=O)OC(C)(C)C.C=Cc1cc(I)c(OC)c(I)c1OC(C)=O. The van der Waals surface area contributed by atoms with Crippen molar-refractivity contribution in [2.45, 2.75) is 74.2 Å². The number of phenolic OH excluding ortho intramolecular Hbond substituents is 1. The monoisotopic (exact) mass is 2260 g/mol. The first kappa shape index (κ1) is 92.1. The van der Waals surface area contributed by atoms with E-state index >= 15 is 0 Å². The molecular formula is C71H76I8O20. The summed E-state index contributed by atoms with van der Waals surface area (Å²) in [6, 6.07) is 16.0. The van der Waals surface area contributed by atoms with Crippen molar-refractivity contribution in [1.82, 2.24) is 0 Å². The molecule has 1 N–H and O–H groups in total. The molecule has 6 aromatic rings. The van der Waals surface area contributed by atoms with Crippen molar-refractivity contribution in [3.8, 4) is 74.7 Å². The lowest BCUT2D eigenvalue weighted by atomic mass is 10.1. The van der Waals surface area contributed by atoms with Gasteiger partial charge in [0.1, 0.15) is 57.3 Å². The fraction of sp³-hybridized carbons (Fsp3) is 0.254. The summed E-state index contributed by atoms with van der Waals surface area (Å²) in [4.78, 5) is 55.9. The first-order valence-corrected chi connectivity index (χ1v) is 37.1. The number of aromatic hydroxyl groups is 1. The average molecular weight is 2260 g/mol. The van der Waals surface area contributed by atoms with Crippen LogP contribution in [-0.2, 0) is 28.7 Å². The number of halogens is 8. The van der Waals surface area contributed by atoms with Crippen molar-refractivity contribution in [3.63, 3.8) is 0 Å². The van der Waals surface area contributed by atoms with Gasteiger partial charge < -0.3 is 71.4 Å². The number of ether oxygens (including phenoxy) is 14. The second-order valence-electron chi connectivity index (χ2n) is 19.8. The van der Waals surface area contributed by atoms with Gasteiger partial charge >= 0.3 is 30.0 Å². The van der Waals surface area contributed by atoms with Gasteiger partial charge in [-0.2, -0.15) is 0 Å². The Morgan fingerprint density at radius 2 is 0.768 bits per heavy atom. The van der Waals surface area contributed by atoms with E-state index in [4.69, 9.17) is 66.3 Å². The highest BCUT2D eigenvalue weighted by molar-refractivity contribution is 14.1. The lowest BCUT2D eigenvalue weighted by Crippen LogP contribution is -2.26. The van der Waals surface area contributed by atoms with Gasteiger partial charge in [-0.15, -0.1) is 0 Å². The topological polar surface area (TPSA) is 235 Å². The number of carbonyl (C=O) groups is 5. The van der Waals surface area contributed by atoms with Gasteiger partial charge in [-0.3, -0.25) is 19.2 Å². The van der Waals surface area contributed by atoms with E-state index in [2.05, 4.69) is 198 Å². The van der Waals surface area contributed by atoms with Gasteiger partial charge in [0.15, 0.2) is 29.3 Å². The summed E-state index contributed by atoms with van der Waals surface area (Å²) in [7, 11) is 9.38. The number of hydrogen-bond donors (Lipinski definition) is 1. The van der Waals surface area contributed by atoms with Gasteiger partial charge in [-0.25, -0.2) is 4.79 Å². The highest BCUT2D eigenvalue weighted by atomic mass is 127. The van der Waals surface area contributed by atoms with Crippen LogP contribution in [0.3, 0.4) is 0 Å². The number of methoxy groups -OCH3 is 6. The number of hydrogen-bond acceptors (Lipinski definition) is 20. The molecule has 1 atom stereocenters. The Bertz CT molecular complexity index is 3880. The van der Waals surface area contributed by atoms with Crippen LogP contribution in [0.1, 0.15) is 95.7 Å². The first-order valence-electron chi connectivity index (χ1n) is 28.5. The summed E-state index contributed by atoms with van der Waals surface area (Å²) in [5, 5.41) is 9.33. The van der Waals surface area contributed by atoms with Crippen LogP contribution in [0.2, 0.25) is 0 Å². The zero-order valence-corrected chi connectivity index (χ0v) is 74.2. The molecule has 0 radical (unpaired) electrons. The summed E-state index contributed by atoms with van der Waals surface area (Å²) >= 11 is 16.8. The molecule has 0 aliphatic heterocycles. The largest absolute Gasteiger partial charge is 0.514 e. The van der Waals surface area contributed by atoms with Gasteiger partial charge in [0.2, 0.25) is 0 Å². The number of benzene rings is 6. The molecule has 99 heavy (non-hydrogen) atoms. The minimum Gasteiger partial charge on any atom is -0.507 e. The normalized spacial score (nSPS) is 10.3. The molecule has 0 fully saturated rings. The summed E-state index contributed by atoms with van der Waals surface area (Å²) in [6.45, 7) is 37.2. The van der Waals surface area contributed by atoms with Crippen LogP contribution in [0.4, 0.5) is 4.79 Å². The van der Waals surface area contributed by atoms with Gasteiger partial charge in [0.25, 0.3) is 0 Å². The zero-order valence-electron chi connectivity index (χ0n) is 56.9. The van der Waals surface area contributed by atoms with Crippen LogP contribution in [0.15, 0.2) is 94.1 Å². The maximum absolute atomic E-state index is 11.8. The lowest BCUT2D eigenvalue weighted by molar-refractivity contribution is -0.133. The second-order valence-corrected chi connectivity index (χ2v) is 28.8. The summed E-state index contributed by atoms with van der Waals surface area (Å²) in [6.07, 6.45) is 8.92. The second kappa shape index (κ2) is 46.7. The van der Waals surface area contributed by atoms with Crippen LogP contribution in [0.25, 0.3) is 36.5 Å². The van der Waals surface area contributed by atoms with Gasteiger partial charge in [0, 0.05) is 86.4 Å². The predicted molar refractivity (Wildman–Crippen MR) is 456 cm³/mol. The summed E-state index contributed by atoms with van der Waals surface area (Å²) < 4.78 is 79.6. The summed E-state index contributed by atoms with van der Waals surface area (Å²) in [5.41, 5.74) is 4.13. The molecule has 1 unspecified atom stereocenters. The Labute approximate surface area is 688 Å². The molecule has 0 aromatic heterocycles. The molecule has 0 aliphatic rings. The molecule has 0 heterocycles. The Kier molecular flexibility index (Phi) is 43.4. The molecule has 0 spiro atoms. The van der Waals surface area contributed by atoms with Crippen LogP contribution >= 0.6 is 181 Å². The zero-order chi connectivity index (χ0) is 75.8. The molecule has 0 saturated heterocycles. The number of carbonyl (C=O) groups excluding carboxylic acids is 5. The van der Waals surface area contributed by atoms with Crippen LogP contribution < -0.4 is 56.8 Å². The van der Waals surface area contributed by atoms with E-state index in [-0.39, 0.29) is 35.5 Å². The Morgan fingerprint density at radius 3 is 1.14 bits per heavy atom. The highest BCUT2D eigenvalue weighted by Gasteiger charge is 2.25. The molecule has 6 aromatic carbocycles. The molecule has 0 saturated carbocycles. The minimum absolute atomic E-state index is 0.234. The molecule has 536 valence electrons. The van der Waals surface area contributed by atoms with Crippen molar-refractivity contribution in [3.05, 3.63) is 156 Å². The van der Waals surface area contributed by atoms with Crippen LogP contribution in [0, 0.1) is 28.6 Å². The molecule has 6 rings (SSSR count). The van der Waals surface area contributed by atoms with Crippen molar-refractivity contribution in [2.24, 2.45) is 0 Å². The predicted octanol–water partition coefficient (Wildman–Crippen LogP) is 20.3. The van der Waals surface area contributed by atoms with E-state index in [1.54, 1.807) is 105 Å². The Balaban J connectivity index is 0.000000598. The van der Waals surface area contributed by atoms with E-state index < -0.39 is 23.7 Å². The van der Waals surface area contributed by atoms with Gasteiger partial charge in [-0.05, 0) is 246 Å². The van der Waals surface area contributed by atoms with E-state index in [1.165, 1.54) is 40.9 Å². The smallest absolute Gasteiger partial charge is 0.507 e. The fourth-order valence-electron chi connectivity index (χ4n) is 7.46. The van der Waals surface area contributed by atoms with Gasteiger partial charge in [0.05, 0.1) is 76.8 Å². The third kappa shape index (κ3) is 30.5. The lowest BCUT2D eigenvalue weighted by Gasteiger charge is -2.20. The highest BCUT2D eigenvalue weighted by Crippen LogP contribution is 2.43. The third-order valence-corrected chi connectivity index (χ3v) is 18.7. The molecule has 20 nitrogen and oxygen atoms in total. The number of phenols is 1. The molecule has 0 amide bonds. The van der Waals surface area contributed by atoms with Gasteiger partial charge in [-0.1, -0.05) is 75.9 Å². The maximum Gasteiger partial charge on any atom is 0.514 e. The molecular weight excluding hydrogens is 2190 g/mol. The third-order valence-electron chi connectivity index (χ3n) is 11.6. The molecule has 28 heteroatoms. The standard InChI is InChI=1S/C14H16I2O4.C13H13IO5.C13H17IO3.C11H10I2O3.C11H11IO3.C9H9IO2/c1-6-8-7-9(15)12(18-5)10(16)11(8)19-13(17)20-14(2,3)4;1-5-9-10(17-4)6-11(18-7(2)15)12(14)13(9)19-8(3)16;1-5-10-7-11(14)13(8-12(10)15-4)17-9(3)16-6-2;1-4-7-5-8(12)11(15-3)9(13)10(7)16-6(2)14;1-4-8-5-9(12)11(15-7(2)13)6-10(8)14-3;1-3-6-4-7(10)8(11)5-9(6)12-2/h6-7H,1H2,2-5H3;5-6H,1H2,2-4H3;5,7-9H,1,6H2,2-4H3;4-5H,1H2,2-3H3;4-6H,1H2,2-3H3;3-5,11H,1H2,2H3. The summed E-state index contributed by atoms with van der Waals surface area (Å²) in [5.74, 6) is 5.08. The van der Waals surface area contributed by atoms with E-state index in [1.807, 2.05) is 72.8 Å². The maximum atomic E-state index is 11.8. The molecule has 0 bridgehead atoms. The number of esters is 4. The van der Waals surface area contributed by atoms with Crippen LogP contribution in [-0.4, -0.2) is 96.3 Å². The Hall–Kier alpha value is -4.89.